The minimum Gasteiger partial charge on any atom is -0.400 e. The van der Waals surface area contributed by atoms with Crippen LogP contribution in [-0.4, -0.2) is 136 Å². The highest BCUT2D eigenvalue weighted by atomic mass is 20.0. The molecule has 0 aromatic heterocycles. The maximum Gasteiger partial charge on any atom is 0.222 e. The van der Waals surface area contributed by atoms with Crippen LogP contribution in [0.1, 0.15) is 85.1 Å². The van der Waals surface area contributed by atoms with Gasteiger partial charge in [-0.1, -0.05) is 66.0 Å². The summed E-state index contributed by atoms with van der Waals surface area (Å²) in [6.45, 7) is 5.01. The molecule has 0 bridgehead atoms. The van der Waals surface area contributed by atoms with Gasteiger partial charge < -0.3 is 44.7 Å². The van der Waals surface area contributed by atoms with Gasteiger partial charge in [0.2, 0.25) is 17.7 Å². The number of methoxy groups -OCH3 is 1. The number of rotatable bonds is 32. The summed E-state index contributed by atoms with van der Waals surface area (Å²) in [7, 11) is 2.54. The van der Waals surface area contributed by atoms with Gasteiger partial charge in [-0.2, -0.15) is 9.88 Å². The average Bonchev–Trinajstić information content (AvgIpc) is 3.42. The largest absolute Gasteiger partial charge is 0.400 e. The molecule has 0 aliphatic heterocycles. The Hall–Kier alpha value is -4.09. The van der Waals surface area contributed by atoms with Gasteiger partial charge in [0, 0.05) is 167 Å². The van der Waals surface area contributed by atoms with Gasteiger partial charge in [0.05, 0.1) is 64.9 Å². The van der Waals surface area contributed by atoms with Crippen LogP contribution in [0.25, 0.3) is 0 Å². The molecule has 0 radical (unpaired) electrons. The van der Waals surface area contributed by atoms with Crippen LogP contribution in [0.2, 0.25) is 0 Å². The van der Waals surface area contributed by atoms with Crippen LogP contribution < -0.4 is 21.4 Å². The van der Waals surface area contributed by atoms with Crippen molar-refractivity contribution in [3.63, 3.8) is 0 Å². The molecule has 0 fully saturated rings. The Bertz CT molecular complexity index is 716. The maximum absolute atomic E-state index is 12.0. The van der Waals surface area contributed by atoms with Crippen molar-refractivity contribution in [3.8, 4) is 0 Å². The second-order valence-electron chi connectivity index (χ2n) is 9.15. The zero-order valence-corrected chi connectivity index (χ0v) is 34.7. The maximum atomic E-state index is 12.0. The van der Waals surface area contributed by atoms with E-state index in [-0.39, 0.29) is 169 Å². The Kier molecular flexibility index (Phi) is 334. The first-order valence-electron chi connectivity index (χ1n) is 16.0. The van der Waals surface area contributed by atoms with Gasteiger partial charge in [0.25, 0.3) is 0 Å². The Labute approximate surface area is 423 Å². The number of halogens is 24. The summed E-state index contributed by atoms with van der Waals surface area (Å²) < 4.78 is 228. The van der Waals surface area contributed by atoms with Crippen molar-refractivity contribution in [2.24, 2.45) is 5.41 Å². The minimum atomic E-state index is -0.871. The fraction of sp³-hybridized carbons (Fsp3) is 0.857. The van der Waals surface area contributed by atoms with Crippen molar-refractivity contribution in [2.75, 3.05) is 113 Å². The first-order chi connectivity index (χ1) is 32.9. The molecule has 484 valence electrons. The monoisotopic (exact) mass is 1210 g/mol. The summed E-state index contributed by atoms with van der Waals surface area (Å²) >= 11 is 0. The van der Waals surface area contributed by atoms with Gasteiger partial charge in [-0.15, -0.1) is 0 Å². The number of hydrogen-bond donors (Lipinski definition) is 5. The van der Waals surface area contributed by atoms with Gasteiger partial charge in [-0.25, -0.2) is 0 Å². The second-order valence-corrected chi connectivity index (χ2v) is 9.15. The summed E-state index contributed by atoms with van der Waals surface area (Å²) in [4.78, 5) is 47.8. The summed E-state index contributed by atoms with van der Waals surface area (Å²) in [6.07, 6.45) is 2.11. The Balaban J connectivity index is -0.0000000420. The summed E-state index contributed by atoms with van der Waals surface area (Å²) in [5.74, 6) is -0.890. The third-order valence-electron chi connectivity index (χ3n) is 5.39. The van der Waals surface area contributed by atoms with Crippen molar-refractivity contribution < 1.29 is 168 Å². The van der Waals surface area contributed by atoms with Gasteiger partial charge in [-0.05, 0) is 15.5 Å². The lowest BCUT2D eigenvalue weighted by Crippen LogP contribution is -2.42. The van der Waals surface area contributed by atoms with Crippen molar-refractivity contribution in [2.45, 2.75) is 85.1 Å². The fourth-order valence-electron chi connectivity index (χ4n) is 3.27. The number of carbonyl (C=O) groups excluding carboxylic acids is 3. The molecule has 0 saturated heterocycles. The fourth-order valence-corrected chi connectivity index (χ4v) is 3.27. The van der Waals surface area contributed by atoms with Crippen LogP contribution in [0, 0.1) is 5.41 Å². The summed E-state index contributed by atoms with van der Waals surface area (Å²) in [5, 5.41) is 14.7. The normalized spacial score (nSPS) is 7.40. The highest BCUT2D eigenvalue weighted by molar-refractivity contribution is 5.76. The second kappa shape index (κ2) is 180. The van der Waals surface area contributed by atoms with Crippen LogP contribution >= 0.6 is 0 Å². The molecule has 0 aromatic rings. The number of ether oxygens (including phenoxy) is 5. The molecule has 0 atom stereocenters. The number of amides is 3. The van der Waals surface area contributed by atoms with E-state index in [0.29, 0.717) is 32.8 Å². The molecule has 0 aliphatic rings. The molecule has 0 spiro atoms. The number of aliphatic hydroxyl groups is 1. The zero-order chi connectivity index (χ0) is 55.9. The van der Waals surface area contributed by atoms with Gasteiger partial charge >= 0.3 is 0 Å². The summed E-state index contributed by atoms with van der Waals surface area (Å²) in [5.41, 5.74) is 1.65. The number of hydrogen-bond acceptors (Lipinski definition) is 13. The van der Waals surface area contributed by atoms with Gasteiger partial charge in [-0.3, -0.25) is 24.7 Å². The molecule has 3 amide bonds. The molecule has 0 saturated carbocycles. The predicted octanol–water partition coefficient (Wildman–Crippen LogP) is 14.0. The average molecular weight is 1210 g/mol. The highest BCUT2D eigenvalue weighted by Crippen LogP contribution is 2.21. The standard InChI is InChI=1S/C26H48F2N4O11.CH4O.8CH4.11F2/c1-3-32-43-12-4-11-37-19-26(20-38-13-5-23(33)29-8-16-36-2,21-39-14-6-24(34)30-9-17-41-27)22-40-15-7-25(35)31-10-18-42-28;1-2;;;;;;;;;11*1-2/h3,32H,1,4-22H2,2H3,(H,29,33)(H,30,34)(H,31,35);2H,1H3;8*1H4;;;;;;;;;;;. The van der Waals surface area contributed by atoms with E-state index in [1.165, 1.54) is 13.3 Å². The SMILES string of the molecule is C.C.C.C.C.C.C.C.C=CNOCCCOCC(COCCC(=O)NCCOC)(COCCC(=O)NCCOF)COCCC(=O)NCCOF.CO.FF.FF.FF.FF.FF.FF.FF.FF.FF.FF.FF. The van der Waals surface area contributed by atoms with Crippen LogP contribution in [0.4, 0.5) is 110 Å². The molecule has 0 rings (SSSR count). The first-order valence-corrected chi connectivity index (χ1v) is 16.0. The number of hydroxylamine groups is 1. The van der Waals surface area contributed by atoms with Crippen molar-refractivity contribution in [1.82, 2.24) is 21.4 Å². The van der Waals surface area contributed by atoms with Crippen LogP contribution in [0.5, 0.6) is 0 Å². The van der Waals surface area contributed by atoms with Crippen molar-refractivity contribution >= 4 is 17.7 Å². The molecule has 75 heavy (non-hydrogen) atoms. The molecule has 40 heteroatoms. The lowest BCUT2D eigenvalue weighted by molar-refractivity contribution is -0.136. The van der Waals surface area contributed by atoms with Crippen LogP contribution in [0.15, 0.2) is 12.8 Å². The van der Waals surface area contributed by atoms with Crippen LogP contribution in [0.3, 0.4) is 0 Å². The molecule has 0 aliphatic carbocycles. The molecule has 0 aromatic carbocycles. The van der Waals surface area contributed by atoms with Crippen molar-refractivity contribution in [1.29, 1.82) is 0 Å². The van der Waals surface area contributed by atoms with Gasteiger partial charge in [0.15, 0.2) is 0 Å². The molecule has 5 N–H and O–H groups in total. The van der Waals surface area contributed by atoms with E-state index in [0.717, 1.165) is 7.11 Å². The van der Waals surface area contributed by atoms with E-state index in [9.17, 15) is 23.4 Å². The Morgan fingerprint density at radius 3 is 0.893 bits per heavy atom. The van der Waals surface area contributed by atoms with E-state index in [1.807, 2.05) is 0 Å². The quantitative estimate of drug-likeness (QED) is 0.0243. The smallest absolute Gasteiger partial charge is 0.222 e. The van der Waals surface area contributed by atoms with E-state index in [2.05, 4.69) is 37.9 Å². The minimum absolute atomic E-state index is 0. The molecular formula is C35H84F24N4O12. The lowest BCUT2D eigenvalue weighted by atomic mass is 9.92. The third kappa shape index (κ3) is 160. The first kappa shape index (κ1) is 139. The number of carbonyl (C=O) groups is 3. The predicted molar refractivity (Wildman–Crippen MR) is 235 cm³/mol. The lowest BCUT2D eigenvalue weighted by Gasteiger charge is -2.33. The summed E-state index contributed by atoms with van der Waals surface area (Å²) in [6, 6.07) is 0. The van der Waals surface area contributed by atoms with Crippen LogP contribution in [-0.2, 0) is 52.8 Å². The molecule has 0 unspecified atom stereocenters. The number of nitrogens with one attached hydrogen (secondary N) is 4. The number of aliphatic hydroxyl groups excluding tert-OH is 1. The van der Waals surface area contributed by atoms with E-state index in [4.69, 9.17) is 134 Å². The van der Waals surface area contributed by atoms with Crippen molar-refractivity contribution in [3.05, 3.63) is 12.8 Å². The third-order valence-corrected chi connectivity index (χ3v) is 5.39. The Morgan fingerprint density at radius 2 is 0.667 bits per heavy atom. The highest BCUT2D eigenvalue weighted by Gasteiger charge is 2.33. The zero-order valence-electron chi connectivity index (χ0n) is 34.7. The molecular weight excluding hydrogens is 1120 g/mol. The van der Waals surface area contributed by atoms with E-state index in [1.54, 1.807) is 0 Å². The van der Waals surface area contributed by atoms with E-state index >= 15 is 0 Å². The molecule has 0 heterocycles. The Morgan fingerprint density at radius 1 is 0.427 bits per heavy atom. The van der Waals surface area contributed by atoms with Gasteiger partial charge in [0.1, 0.15) is 13.2 Å². The molecule has 16 nitrogen and oxygen atoms in total. The van der Waals surface area contributed by atoms with E-state index < -0.39 is 5.41 Å². The topological polar surface area (TPSA) is 193 Å².